The Labute approximate surface area is 121 Å². The fourth-order valence-corrected chi connectivity index (χ4v) is 3.23. The summed E-state index contributed by atoms with van der Waals surface area (Å²) in [6.07, 6.45) is 4.19. The highest BCUT2D eigenvalue weighted by atomic mass is 16.5. The summed E-state index contributed by atoms with van der Waals surface area (Å²) in [4.78, 5) is 27.2. The first-order valence-electron chi connectivity index (χ1n) is 7.72. The molecule has 0 radical (unpaired) electrons. The van der Waals surface area contributed by atoms with Crippen molar-refractivity contribution in [2.45, 2.75) is 57.5 Å². The van der Waals surface area contributed by atoms with Crippen LogP contribution < -0.4 is 5.32 Å². The molecule has 1 atom stereocenters. The minimum atomic E-state index is -0.670. The van der Waals surface area contributed by atoms with Crippen molar-refractivity contribution >= 4 is 11.8 Å². The molecule has 0 spiro atoms. The largest absolute Gasteiger partial charge is 0.385 e. The third kappa shape index (κ3) is 2.55. The van der Waals surface area contributed by atoms with Crippen LogP contribution in [-0.4, -0.2) is 48.6 Å². The van der Waals surface area contributed by atoms with Crippen LogP contribution in [0.4, 0.5) is 0 Å². The van der Waals surface area contributed by atoms with Gasteiger partial charge in [0, 0.05) is 20.3 Å². The van der Waals surface area contributed by atoms with Crippen molar-refractivity contribution in [3.8, 4) is 0 Å². The van der Waals surface area contributed by atoms with Crippen LogP contribution in [0.3, 0.4) is 0 Å². The second-order valence-electron chi connectivity index (χ2n) is 5.86. The number of hydrogen-bond donors (Lipinski definition) is 1. The monoisotopic (exact) mass is 282 g/mol. The zero-order valence-electron chi connectivity index (χ0n) is 12.8. The van der Waals surface area contributed by atoms with Crippen LogP contribution in [0.1, 0.15) is 46.0 Å². The Hall–Kier alpha value is -1.10. The number of amides is 2. The van der Waals surface area contributed by atoms with E-state index in [9.17, 15) is 9.59 Å². The van der Waals surface area contributed by atoms with Crippen molar-refractivity contribution in [2.24, 2.45) is 5.92 Å². The number of ether oxygens (including phenoxy) is 1. The SMILES string of the molecule is CCC1(CC)C(=O)NC(C2CC2)C(=O)N1CCCOC. The van der Waals surface area contributed by atoms with Crippen molar-refractivity contribution < 1.29 is 14.3 Å². The molecule has 0 aromatic rings. The van der Waals surface area contributed by atoms with Crippen LogP contribution in [0.2, 0.25) is 0 Å². The quantitative estimate of drug-likeness (QED) is 0.716. The van der Waals surface area contributed by atoms with Crippen LogP contribution in [0, 0.1) is 5.92 Å². The highest BCUT2D eigenvalue weighted by Gasteiger charge is 2.53. The second kappa shape index (κ2) is 6.12. The van der Waals surface area contributed by atoms with E-state index >= 15 is 0 Å². The molecule has 0 bridgehead atoms. The van der Waals surface area contributed by atoms with Crippen LogP contribution >= 0.6 is 0 Å². The molecule has 20 heavy (non-hydrogen) atoms. The van der Waals surface area contributed by atoms with Gasteiger partial charge < -0.3 is 15.0 Å². The minimum Gasteiger partial charge on any atom is -0.385 e. The van der Waals surface area contributed by atoms with Gasteiger partial charge in [-0.3, -0.25) is 9.59 Å². The molecule has 5 heteroatoms. The summed E-state index contributed by atoms with van der Waals surface area (Å²) in [5.74, 6) is 0.478. The van der Waals surface area contributed by atoms with E-state index in [1.165, 1.54) is 0 Å². The lowest BCUT2D eigenvalue weighted by molar-refractivity contribution is -0.159. The summed E-state index contributed by atoms with van der Waals surface area (Å²) >= 11 is 0. The number of hydrogen-bond acceptors (Lipinski definition) is 3. The summed E-state index contributed by atoms with van der Waals surface area (Å²) in [5, 5.41) is 2.98. The Balaban J connectivity index is 2.20. The molecule has 114 valence electrons. The van der Waals surface area contributed by atoms with Gasteiger partial charge in [-0.2, -0.15) is 0 Å². The van der Waals surface area contributed by atoms with E-state index in [-0.39, 0.29) is 17.9 Å². The fourth-order valence-electron chi connectivity index (χ4n) is 3.23. The maximum Gasteiger partial charge on any atom is 0.246 e. The van der Waals surface area contributed by atoms with E-state index in [1.54, 1.807) is 7.11 Å². The summed E-state index contributed by atoms with van der Waals surface area (Å²) in [7, 11) is 1.66. The van der Waals surface area contributed by atoms with Gasteiger partial charge in [-0.1, -0.05) is 13.8 Å². The smallest absolute Gasteiger partial charge is 0.246 e. The van der Waals surface area contributed by atoms with Gasteiger partial charge in [0.15, 0.2) is 0 Å². The Morgan fingerprint density at radius 3 is 2.45 bits per heavy atom. The zero-order chi connectivity index (χ0) is 14.8. The van der Waals surface area contributed by atoms with E-state index < -0.39 is 5.54 Å². The topological polar surface area (TPSA) is 58.6 Å². The first kappa shape index (κ1) is 15.3. The number of rotatable bonds is 7. The standard InChI is InChI=1S/C15H26N2O3/c1-4-15(5-2)14(19)16-12(11-7-8-11)13(18)17(15)9-6-10-20-3/h11-12H,4-10H2,1-3H3,(H,16,19). The normalized spacial score (nSPS) is 25.8. The molecular formula is C15H26N2O3. The maximum atomic E-state index is 12.8. The number of methoxy groups -OCH3 is 1. The Morgan fingerprint density at radius 1 is 1.30 bits per heavy atom. The molecule has 1 N–H and O–H groups in total. The Kier molecular flexibility index (Phi) is 4.68. The van der Waals surface area contributed by atoms with Crippen molar-refractivity contribution in [3.05, 3.63) is 0 Å². The van der Waals surface area contributed by atoms with Gasteiger partial charge in [0.2, 0.25) is 11.8 Å². The van der Waals surface area contributed by atoms with Gasteiger partial charge in [0.05, 0.1) is 0 Å². The molecule has 1 saturated carbocycles. The molecule has 1 unspecified atom stereocenters. The number of nitrogens with one attached hydrogen (secondary N) is 1. The molecule has 2 amide bonds. The van der Waals surface area contributed by atoms with E-state index in [0.29, 0.717) is 31.9 Å². The predicted molar refractivity (Wildman–Crippen MR) is 76.2 cm³/mol. The van der Waals surface area contributed by atoms with Gasteiger partial charge >= 0.3 is 0 Å². The lowest BCUT2D eigenvalue weighted by atomic mass is 9.85. The molecule has 1 heterocycles. The van der Waals surface area contributed by atoms with Gasteiger partial charge in [0.25, 0.3) is 0 Å². The number of nitrogens with zero attached hydrogens (tertiary/aromatic N) is 1. The maximum absolute atomic E-state index is 12.8. The van der Waals surface area contributed by atoms with E-state index in [4.69, 9.17) is 4.74 Å². The molecule has 1 saturated heterocycles. The number of carbonyl (C=O) groups excluding carboxylic acids is 2. The van der Waals surface area contributed by atoms with Gasteiger partial charge in [0.1, 0.15) is 11.6 Å². The van der Waals surface area contributed by atoms with Crippen molar-refractivity contribution in [2.75, 3.05) is 20.3 Å². The van der Waals surface area contributed by atoms with E-state index in [0.717, 1.165) is 19.3 Å². The summed E-state index contributed by atoms with van der Waals surface area (Å²) in [6, 6.07) is -0.295. The van der Waals surface area contributed by atoms with E-state index in [2.05, 4.69) is 5.32 Å². The molecule has 0 aromatic heterocycles. The average Bonchev–Trinajstić information content (AvgIpc) is 3.27. The highest BCUT2D eigenvalue weighted by molar-refractivity contribution is 6.00. The molecular weight excluding hydrogens is 256 g/mol. The van der Waals surface area contributed by atoms with Crippen LogP contribution in [-0.2, 0) is 14.3 Å². The molecule has 1 aliphatic heterocycles. The lowest BCUT2D eigenvalue weighted by Crippen LogP contribution is -2.70. The third-order valence-electron chi connectivity index (χ3n) is 4.75. The third-order valence-corrected chi connectivity index (χ3v) is 4.75. The fraction of sp³-hybridized carbons (Fsp3) is 0.867. The predicted octanol–water partition coefficient (Wildman–Crippen LogP) is 1.32. The Morgan fingerprint density at radius 2 is 1.95 bits per heavy atom. The average molecular weight is 282 g/mol. The molecule has 2 aliphatic rings. The van der Waals surface area contributed by atoms with E-state index in [1.807, 2.05) is 18.7 Å². The first-order chi connectivity index (χ1) is 9.60. The van der Waals surface area contributed by atoms with Crippen LogP contribution in [0.25, 0.3) is 0 Å². The van der Waals surface area contributed by atoms with Crippen LogP contribution in [0.15, 0.2) is 0 Å². The molecule has 0 aromatic carbocycles. The van der Waals surface area contributed by atoms with Gasteiger partial charge in [-0.05, 0) is 38.0 Å². The first-order valence-corrected chi connectivity index (χ1v) is 7.72. The molecule has 1 aliphatic carbocycles. The van der Waals surface area contributed by atoms with Crippen molar-refractivity contribution in [1.29, 1.82) is 0 Å². The summed E-state index contributed by atoms with van der Waals surface area (Å²) in [5.41, 5.74) is -0.670. The Bertz CT molecular complexity index is 375. The van der Waals surface area contributed by atoms with Gasteiger partial charge in [-0.15, -0.1) is 0 Å². The van der Waals surface area contributed by atoms with Gasteiger partial charge in [-0.25, -0.2) is 0 Å². The van der Waals surface area contributed by atoms with Crippen molar-refractivity contribution in [1.82, 2.24) is 10.2 Å². The summed E-state index contributed by atoms with van der Waals surface area (Å²) in [6.45, 7) is 5.18. The summed E-state index contributed by atoms with van der Waals surface area (Å²) < 4.78 is 5.08. The molecule has 2 fully saturated rings. The minimum absolute atomic E-state index is 0.0245. The highest BCUT2D eigenvalue weighted by Crippen LogP contribution is 2.38. The van der Waals surface area contributed by atoms with Crippen molar-refractivity contribution in [3.63, 3.8) is 0 Å². The zero-order valence-corrected chi connectivity index (χ0v) is 12.8. The lowest BCUT2D eigenvalue weighted by Gasteiger charge is -2.48. The second-order valence-corrected chi connectivity index (χ2v) is 5.86. The van der Waals surface area contributed by atoms with Crippen LogP contribution in [0.5, 0.6) is 0 Å². The number of piperazine rings is 1. The molecule has 2 rings (SSSR count). The number of carbonyl (C=O) groups is 2. The molecule has 5 nitrogen and oxygen atoms in total.